The number of anilines is 1. The van der Waals surface area contributed by atoms with Crippen molar-refractivity contribution in [2.75, 3.05) is 5.32 Å². The Labute approximate surface area is 121 Å². The standard InChI is InChI=1S/C17H27N3/c1-16(2,3)18-15-7-14(19-20-15)17-8-11-4-12(9-17)6-13(5-11)10-17/h7,11-13H,4-6,8-10H2,1-3H3,(H2,18,19,20). The van der Waals surface area contributed by atoms with Gasteiger partial charge in [-0.05, 0) is 77.0 Å². The maximum absolute atomic E-state index is 4.52. The molecule has 3 nitrogen and oxygen atoms in total. The molecule has 0 aliphatic heterocycles. The lowest BCUT2D eigenvalue weighted by atomic mass is 9.49. The molecule has 5 rings (SSSR count). The quantitative estimate of drug-likeness (QED) is 0.852. The van der Waals surface area contributed by atoms with E-state index in [2.05, 4.69) is 42.4 Å². The monoisotopic (exact) mass is 273 g/mol. The van der Waals surface area contributed by atoms with E-state index in [1.807, 2.05) is 0 Å². The van der Waals surface area contributed by atoms with Gasteiger partial charge in [0.05, 0.1) is 0 Å². The van der Waals surface area contributed by atoms with Gasteiger partial charge >= 0.3 is 0 Å². The Bertz CT molecular complexity index is 473. The summed E-state index contributed by atoms with van der Waals surface area (Å²) in [5.74, 6) is 3.99. The molecule has 1 aromatic rings. The third kappa shape index (κ3) is 2.06. The van der Waals surface area contributed by atoms with E-state index < -0.39 is 0 Å². The summed E-state index contributed by atoms with van der Waals surface area (Å²) in [6.07, 6.45) is 8.70. The van der Waals surface area contributed by atoms with Gasteiger partial charge in [0.2, 0.25) is 0 Å². The normalized spacial score (nSPS) is 39.2. The summed E-state index contributed by atoms with van der Waals surface area (Å²) in [6, 6.07) is 2.29. The third-order valence-electron chi connectivity index (χ3n) is 5.69. The van der Waals surface area contributed by atoms with Crippen molar-refractivity contribution in [3.05, 3.63) is 11.8 Å². The molecule has 0 amide bonds. The fourth-order valence-corrected chi connectivity index (χ4v) is 5.48. The lowest BCUT2D eigenvalue weighted by molar-refractivity contribution is -0.00721. The maximum atomic E-state index is 4.52. The Morgan fingerprint density at radius 2 is 1.65 bits per heavy atom. The van der Waals surface area contributed by atoms with E-state index in [1.54, 1.807) is 0 Å². The van der Waals surface area contributed by atoms with Crippen LogP contribution in [-0.2, 0) is 5.41 Å². The fraction of sp³-hybridized carbons (Fsp3) is 0.824. The molecule has 110 valence electrons. The van der Waals surface area contributed by atoms with Crippen molar-refractivity contribution < 1.29 is 0 Å². The molecular formula is C17H27N3. The van der Waals surface area contributed by atoms with Gasteiger partial charge in [-0.3, -0.25) is 5.10 Å². The smallest absolute Gasteiger partial charge is 0.148 e. The molecule has 0 unspecified atom stereocenters. The molecule has 1 heterocycles. The van der Waals surface area contributed by atoms with Crippen LogP contribution in [0.5, 0.6) is 0 Å². The van der Waals surface area contributed by atoms with Crippen LogP contribution in [0, 0.1) is 17.8 Å². The van der Waals surface area contributed by atoms with Crippen LogP contribution in [0.25, 0.3) is 0 Å². The van der Waals surface area contributed by atoms with E-state index in [0.717, 1.165) is 23.6 Å². The molecule has 4 aliphatic carbocycles. The van der Waals surface area contributed by atoms with Gasteiger partial charge < -0.3 is 5.32 Å². The molecule has 1 aromatic heterocycles. The van der Waals surface area contributed by atoms with Crippen LogP contribution >= 0.6 is 0 Å². The second-order valence-corrected chi connectivity index (χ2v) is 8.74. The molecule has 20 heavy (non-hydrogen) atoms. The van der Waals surface area contributed by atoms with Crippen LogP contribution in [0.2, 0.25) is 0 Å². The second kappa shape index (κ2) is 4.02. The zero-order valence-corrected chi connectivity index (χ0v) is 13.0. The van der Waals surface area contributed by atoms with Crippen molar-refractivity contribution in [3.8, 4) is 0 Å². The first-order valence-electron chi connectivity index (χ1n) is 8.26. The van der Waals surface area contributed by atoms with E-state index in [-0.39, 0.29) is 5.54 Å². The van der Waals surface area contributed by atoms with Crippen LogP contribution in [0.1, 0.15) is 65.0 Å². The largest absolute Gasteiger partial charge is 0.364 e. The first-order chi connectivity index (χ1) is 9.42. The zero-order chi connectivity index (χ0) is 14.0. The number of H-pyrrole nitrogens is 1. The Kier molecular flexibility index (Phi) is 2.56. The minimum absolute atomic E-state index is 0.0773. The molecule has 4 bridgehead atoms. The van der Waals surface area contributed by atoms with Gasteiger partial charge in [-0.1, -0.05) is 0 Å². The fourth-order valence-electron chi connectivity index (χ4n) is 5.48. The van der Waals surface area contributed by atoms with Gasteiger partial charge in [-0.15, -0.1) is 0 Å². The minimum Gasteiger partial charge on any atom is -0.364 e. The molecule has 0 spiro atoms. The van der Waals surface area contributed by atoms with Crippen molar-refractivity contribution in [2.24, 2.45) is 17.8 Å². The second-order valence-electron chi connectivity index (χ2n) is 8.74. The van der Waals surface area contributed by atoms with E-state index >= 15 is 0 Å². The van der Waals surface area contributed by atoms with Gasteiger partial charge in [0, 0.05) is 22.7 Å². The van der Waals surface area contributed by atoms with Crippen LogP contribution < -0.4 is 5.32 Å². The number of nitrogens with one attached hydrogen (secondary N) is 2. The van der Waals surface area contributed by atoms with E-state index in [1.165, 1.54) is 44.2 Å². The van der Waals surface area contributed by atoms with E-state index in [9.17, 15) is 0 Å². The van der Waals surface area contributed by atoms with E-state index in [4.69, 9.17) is 0 Å². The van der Waals surface area contributed by atoms with Gasteiger partial charge in [-0.2, -0.15) is 5.10 Å². The lowest BCUT2D eigenvalue weighted by Crippen LogP contribution is -2.48. The Morgan fingerprint density at radius 1 is 1.10 bits per heavy atom. The van der Waals surface area contributed by atoms with Gasteiger partial charge in [-0.25, -0.2) is 0 Å². The van der Waals surface area contributed by atoms with Gasteiger partial charge in [0.1, 0.15) is 5.82 Å². The first-order valence-corrected chi connectivity index (χ1v) is 8.26. The highest BCUT2D eigenvalue weighted by Crippen LogP contribution is 2.60. The van der Waals surface area contributed by atoms with E-state index in [0.29, 0.717) is 5.41 Å². The number of nitrogens with zero attached hydrogens (tertiary/aromatic N) is 1. The van der Waals surface area contributed by atoms with Crippen molar-refractivity contribution >= 4 is 5.82 Å². The third-order valence-corrected chi connectivity index (χ3v) is 5.69. The van der Waals surface area contributed by atoms with Crippen molar-refractivity contribution in [1.29, 1.82) is 0 Å². The van der Waals surface area contributed by atoms with Gasteiger partial charge in [0.15, 0.2) is 0 Å². The van der Waals surface area contributed by atoms with Gasteiger partial charge in [0.25, 0.3) is 0 Å². The average Bonchev–Trinajstić information content (AvgIpc) is 2.73. The van der Waals surface area contributed by atoms with Crippen molar-refractivity contribution in [1.82, 2.24) is 10.2 Å². The van der Waals surface area contributed by atoms with Crippen LogP contribution in [-0.4, -0.2) is 15.7 Å². The highest BCUT2D eigenvalue weighted by Gasteiger charge is 2.52. The molecule has 4 fully saturated rings. The Balaban J connectivity index is 1.61. The molecule has 0 aromatic carbocycles. The summed E-state index contributed by atoms with van der Waals surface area (Å²) >= 11 is 0. The average molecular weight is 273 g/mol. The SMILES string of the molecule is CC(C)(C)Nc1cc(C23CC4CC(CC(C4)C2)C3)[nH]n1. The van der Waals surface area contributed by atoms with Crippen LogP contribution in [0.3, 0.4) is 0 Å². The van der Waals surface area contributed by atoms with Crippen molar-refractivity contribution in [2.45, 2.75) is 70.3 Å². The Hall–Kier alpha value is -0.990. The molecule has 4 saturated carbocycles. The molecule has 0 radical (unpaired) electrons. The molecule has 4 aliphatic rings. The predicted molar refractivity (Wildman–Crippen MR) is 81.8 cm³/mol. The topological polar surface area (TPSA) is 40.7 Å². The first kappa shape index (κ1) is 12.7. The highest BCUT2D eigenvalue weighted by molar-refractivity contribution is 5.40. The maximum Gasteiger partial charge on any atom is 0.148 e. The number of hydrogen-bond donors (Lipinski definition) is 2. The highest BCUT2D eigenvalue weighted by atomic mass is 15.2. The number of aromatic nitrogens is 2. The summed E-state index contributed by atoms with van der Waals surface area (Å²) in [5.41, 5.74) is 1.91. The number of rotatable bonds is 2. The molecule has 0 saturated heterocycles. The number of hydrogen-bond acceptors (Lipinski definition) is 2. The molecular weight excluding hydrogens is 246 g/mol. The summed E-state index contributed by atoms with van der Waals surface area (Å²) in [7, 11) is 0. The summed E-state index contributed by atoms with van der Waals surface area (Å²) in [4.78, 5) is 0. The van der Waals surface area contributed by atoms with Crippen molar-refractivity contribution in [3.63, 3.8) is 0 Å². The summed E-state index contributed by atoms with van der Waals surface area (Å²) < 4.78 is 0. The zero-order valence-electron chi connectivity index (χ0n) is 13.0. The molecule has 2 N–H and O–H groups in total. The summed E-state index contributed by atoms with van der Waals surface area (Å²) in [6.45, 7) is 6.56. The minimum atomic E-state index is 0.0773. The van der Waals surface area contributed by atoms with Crippen LogP contribution in [0.4, 0.5) is 5.82 Å². The predicted octanol–water partition coefficient (Wildman–Crippen LogP) is 4.09. The molecule has 3 heteroatoms. The Morgan fingerprint density at radius 3 is 2.15 bits per heavy atom. The summed E-state index contributed by atoms with van der Waals surface area (Å²) in [5, 5.41) is 11.4. The lowest BCUT2D eigenvalue weighted by Gasteiger charge is -2.56. The van der Waals surface area contributed by atoms with Crippen LogP contribution in [0.15, 0.2) is 6.07 Å². The number of aromatic amines is 1. The molecule has 0 atom stereocenters.